The maximum Gasteiger partial charge on any atom is 0.141 e. The maximum absolute atomic E-state index is 5.97. The predicted molar refractivity (Wildman–Crippen MR) is 75.0 cm³/mol. The maximum atomic E-state index is 5.97. The van der Waals surface area contributed by atoms with Crippen molar-refractivity contribution in [3.05, 3.63) is 49.8 Å². The monoisotopic (exact) mass is 346 g/mol. The summed E-state index contributed by atoms with van der Waals surface area (Å²) in [5.41, 5.74) is 3.82. The lowest BCUT2D eigenvalue weighted by Crippen LogP contribution is -2.01. The lowest BCUT2D eigenvalue weighted by atomic mass is 10.1. The molecular weight excluding hydrogens is 335 g/mol. The minimum absolute atomic E-state index is 0.713. The van der Waals surface area contributed by atoms with Gasteiger partial charge in [-0.1, -0.05) is 40.9 Å². The molecule has 0 bridgehead atoms. The first-order valence-electron chi connectivity index (χ1n) is 5.00. The van der Waals surface area contributed by atoms with Crippen LogP contribution in [-0.4, -0.2) is 9.78 Å². The first-order valence-corrected chi connectivity index (χ1v) is 6.46. The van der Waals surface area contributed by atoms with E-state index in [-0.39, 0.29) is 0 Å². The first-order chi connectivity index (χ1) is 7.54. The zero-order valence-electron chi connectivity index (χ0n) is 9.17. The Labute approximate surface area is 114 Å². The van der Waals surface area contributed by atoms with E-state index in [4.69, 9.17) is 11.6 Å². The number of rotatable bonds is 2. The Bertz CT molecular complexity index is 480. The molecule has 0 aliphatic heterocycles. The van der Waals surface area contributed by atoms with Gasteiger partial charge in [0.25, 0.3) is 0 Å². The molecule has 0 atom stereocenters. The number of benzene rings is 1. The van der Waals surface area contributed by atoms with E-state index in [1.807, 2.05) is 10.9 Å². The summed E-state index contributed by atoms with van der Waals surface area (Å²) in [6, 6.07) is 6.52. The van der Waals surface area contributed by atoms with Gasteiger partial charge < -0.3 is 0 Å². The SMILES string of the molecule is Cc1cc(C)cc(Cn2cc(Cl)c(I)n2)c1. The summed E-state index contributed by atoms with van der Waals surface area (Å²) in [5, 5.41) is 5.05. The van der Waals surface area contributed by atoms with Crippen LogP contribution in [0.5, 0.6) is 0 Å². The lowest BCUT2D eigenvalue weighted by molar-refractivity contribution is 0.680. The minimum Gasteiger partial charge on any atom is -0.266 e. The molecule has 2 aromatic rings. The summed E-state index contributed by atoms with van der Waals surface area (Å²) in [6.45, 7) is 4.98. The molecule has 0 aliphatic rings. The smallest absolute Gasteiger partial charge is 0.141 e. The third-order valence-corrected chi connectivity index (χ3v) is 3.69. The van der Waals surface area contributed by atoms with Gasteiger partial charge in [-0.15, -0.1) is 0 Å². The average molecular weight is 347 g/mol. The second-order valence-corrected chi connectivity index (χ2v) is 5.39. The summed E-state index contributed by atoms with van der Waals surface area (Å²) in [7, 11) is 0. The summed E-state index contributed by atoms with van der Waals surface area (Å²) in [5.74, 6) is 0. The summed E-state index contributed by atoms with van der Waals surface area (Å²) < 4.78 is 2.72. The van der Waals surface area contributed by atoms with Crippen LogP contribution in [0.1, 0.15) is 16.7 Å². The van der Waals surface area contributed by atoms with Crippen molar-refractivity contribution in [2.75, 3.05) is 0 Å². The average Bonchev–Trinajstić information content (AvgIpc) is 2.43. The number of halogens is 2. The zero-order chi connectivity index (χ0) is 11.7. The van der Waals surface area contributed by atoms with Gasteiger partial charge in [-0.25, -0.2) is 0 Å². The van der Waals surface area contributed by atoms with Crippen molar-refractivity contribution < 1.29 is 0 Å². The van der Waals surface area contributed by atoms with Gasteiger partial charge >= 0.3 is 0 Å². The molecule has 4 heteroatoms. The largest absolute Gasteiger partial charge is 0.266 e. The lowest BCUT2D eigenvalue weighted by Gasteiger charge is -2.05. The van der Waals surface area contributed by atoms with Crippen molar-refractivity contribution in [1.82, 2.24) is 9.78 Å². The summed E-state index contributed by atoms with van der Waals surface area (Å²) >= 11 is 8.10. The predicted octanol–water partition coefficient (Wildman–Crippen LogP) is 3.81. The van der Waals surface area contributed by atoms with Gasteiger partial charge in [-0.3, -0.25) is 4.68 Å². The van der Waals surface area contributed by atoms with E-state index in [1.54, 1.807) is 0 Å². The standard InChI is InChI=1S/C12H12ClIN2/c1-8-3-9(2)5-10(4-8)6-16-7-11(13)12(14)15-16/h3-5,7H,6H2,1-2H3. The number of hydrogen-bond donors (Lipinski definition) is 0. The fourth-order valence-corrected chi connectivity index (χ4v) is 2.37. The van der Waals surface area contributed by atoms with E-state index < -0.39 is 0 Å². The van der Waals surface area contributed by atoms with Crippen molar-refractivity contribution in [1.29, 1.82) is 0 Å². The Hall–Kier alpha value is -0.550. The van der Waals surface area contributed by atoms with Gasteiger partial charge in [0.2, 0.25) is 0 Å². The third-order valence-electron chi connectivity index (χ3n) is 2.30. The molecule has 2 rings (SSSR count). The zero-order valence-corrected chi connectivity index (χ0v) is 12.1. The van der Waals surface area contributed by atoms with E-state index in [2.05, 4.69) is 59.7 Å². The highest BCUT2D eigenvalue weighted by atomic mass is 127. The van der Waals surface area contributed by atoms with E-state index in [0.29, 0.717) is 5.02 Å². The van der Waals surface area contributed by atoms with E-state index >= 15 is 0 Å². The van der Waals surface area contributed by atoms with E-state index in [0.717, 1.165) is 10.2 Å². The van der Waals surface area contributed by atoms with Crippen LogP contribution in [0.2, 0.25) is 5.02 Å². The molecule has 0 saturated carbocycles. The molecule has 84 valence electrons. The first kappa shape index (κ1) is 11.9. The van der Waals surface area contributed by atoms with Crippen LogP contribution < -0.4 is 0 Å². The van der Waals surface area contributed by atoms with Crippen LogP contribution in [0.25, 0.3) is 0 Å². The van der Waals surface area contributed by atoms with Crippen molar-refractivity contribution in [3.8, 4) is 0 Å². The molecule has 0 amide bonds. The second-order valence-electron chi connectivity index (χ2n) is 3.96. The highest BCUT2D eigenvalue weighted by Crippen LogP contribution is 2.17. The molecule has 0 fully saturated rings. The molecule has 0 N–H and O–H groups in total. The molecule has 0 saturated heterocycles. The van der Waals surface area contributed by atoms with Gasteiger partial charge in [0.1, 0.15) is 3.70 Å². The van der Waals surface area contributed by atoms with Gasteiger partial charge in [0.15, 0.2) is 0 Å². The Balaban J connectivity index is 2.26. The van der Waals surface area contributed by atoms with Crippen LogP contribution >= 0.6 is 34.2 Å². The Kier molecular flexibility index (Phi) is 3.54. The fraction of sp³-hybridized carbons (Fsp3) is 0.250. The van der Waals surface area contributed by atoms with Gasteiger partial charge in [-0.05, 0) is 42.0 Å². The Morgan fingerprint density at radius 3 is 2.38 bits per heavy atom. The third kappa shape index (κ3) is 2.77. The molecule has 0 unspecified atom stereocenters. The van der Waals surface area contributed by atoms with Crippen LogP contribution in [0.15, 0.2) is 24.4 Å². The number of aryl methyl sites for hydroxylation is 2. The Morgan fingerprint density at radius 1 is 1.25 bits per heavy atom. The fourth-order valence-electron chi connectivity index (χ4n) is 1.80. The molecule has 1 aromatic carbocycles. The minimum atomic E-state index is 0.713. The molecule has 2 nitrogen and oxygen atoms in total. The van der Waals surface area contributed by atoms with Crippen molar-refractivity contribution in [2.24, 2.45) is 0 Å². The van der Waals surface area contributed by atoms with Gasteiger partial charge in [0.05, 0.1) is 11.6 Å². The number of aromatic nitrogens is 2. The second kappa shape index (κ2) is 4.75. The number of hydrogen-bond acceptors (Lipinski definition) is 1. The summed E-state index contributed by atoms with van der Waals surface area (Å²) in [6.07, 6.45) is 1.86. The molecule has 1 heterocycles. The van der Waals surface area contributed by atoms with Gasteiger partial charge in [-0.2, -0.15) is 5.10 Å². The molecule has 0 aliphatic carbocycles. The van der Waals surface area contributed by atoms with E-state index in [9.17, 15) is 0 Å². The molecular formula is C12H12ClIN2. The molecule has 0 radical (unpaired) electrons. The van der Waals surface area contributed by atoms with Gasteiger partial charge in [0, 0.05) is 6.20 Å². The quantitative estimate of drug-likeness (QED) is 0.756. The molecule has 16 heavy (non-hydrogen) atoms. The van der Waals surface area contributed by atoms with Crippen molar-refractivity contribution in [3.63, 3.8) is 0 Å². The molecule has 1 aromatic heterocycles. The highest BCUT2D eigenvalue weighted by molar-refractivity contribution is 14.1. The van der Waals surface area contributed by atoms with Crippen molar-refractivity contribution in [2.45, 2.75) is 20.4 Å². The van der Waals surface area contributed by atoms with Crippen molar-refractivity contribution >= 4 is 34.2 Å². The summed E-state index contributed by atoms with van der Waals surface area (Å²) in [4.78, 5) is 0. The van der Waals surface area contributed by atoms with Crippen LogP contribution in [0.4, 0.5) is 0 Å². The molecule has 0 spiro atoms. The normalized spacial score (nSPS) is 10.8. The Morgan fingerprint density at radius 2 is 1.88 bits per heavy atom. The van der Waals surface area contributed by atoms with Crippen LogP contribution in [0.3, 0.4) is 0 Å². The highest BCUT2D eigenvalue weighted by Gasteiger charge is 2.04. The van der Waals surface area contributed by atoms with E-state index in [1.165, 1.54) is 16.7 Å². The van der Waals surface area contributed by atoms with Crippen LogP contribution in [-0.2, 0) is 6.54 Å². The van der Waals surface area contributed by atoms with Crippen LogP contribution in [0, 0.1) is 17.5 Å². The topological polar surface area (TPSA) is 17.8 Å². The number of nitrogens with zero attached hydrogens (tertiary/aromatic N) is 2.